The Morgan fingerprint density at radius 2 is 2.00 bits per heavy atom. The number of benzene rings is 2. The van der Waals surface area contributed by atoms with Gasteiger partial charge in [0.1, 0.15) is 12.1 Å². The highest BCUT2D eigenvalue weighted by molar-refractivity contribution is 5.77. The molecule has 3 rings (SSSR count). The van der Waals surface area contributed by atoms with E-state index in [9.17, 15) is 4.79 Å². The summed E-state index contributed by atoms with van der Waals surface area (Å²) in [6.45, 7) is 3.14. The first-order valence-electron chi connectivity index (χ1n) is 8.04. The molecule has 0 aliphatic carbocycles. The minimum absolute atomic E-state index is 0.0142. The van der Waals surface area contributed by atoms with Crippen molar-refractivity contribution in [2.24, 2.45) is 0 Å². The Morgan fingerprint density at radius 1 is 1.16 bits per heavy atom. The van der Waals surface area contributed by atoms with Crippen LogP contribution < -0.4 is 4.74 Å². The predicted octanol–water partition coefficient (Wildman–Crippen LogP) is 2.09. The first-order chi connectivity index (χ1) is 12.3. The van der Waals surface area contributed by atoms with Crippen LogP contribution in [0.1, 0.15) is 12.5 Å². The summed E-state index contributed by atoms with van der Waals surface area (Å²) in [4.78, 5) is 14.2. The average molecular weight is 337 g/mol. The summed E-state index contributed by atoms with van der Waals surface area (Å²) < 4.78 is 7.18. The van der Waals surface area contributed by atoms with Gasteiger partial charge in [0.15, 0.2) is 6.61 Å². The second kappa shape index (κ2) is 8.05. The Labute approximate surface area is 145 Å². The van der Waals surface area contributed by atoms with E-state index in [-0.39, 0.29) is 12.5 Å². The summed E-state index contributed by atoms with van der Waals surface area (Å²) in [5, 5.41) is 11.1. The summed E-state index contributed by atoms with van der Waals surface area (Å²) in [5.74, 6) is 0.538. The number of ether oxygens (including phenoxy) is 1. The summed E-state index contributed by atoms with van der Waals surface area (Å²) in [5.41, 5.74) is 1.87. The van der Waals surface area contributed by atoms with Crippen LogP contribution in [0.2, 0.25) is 0 Å². The van der Waals surface area contributed by atoms with Crippen molar-refractivity contribution in [1.82, 2.24) is 25.1 Å². The Kier molecular flexibility index (Phi) is 5.36. The molecule has 0 fully saturated rings. The third-order valence-electron chi connectivity index (χ3n) is 3.74. The number of aromatic nitrogens is 4. The van der Waals surface area contributed by atoms with Crippen molar-refractivity contribution in [3.8, 4) is 11.4 Å². The lowest BCUT2D eigenvalue weighted by atomic mass is 10.2. The van der Waals surface area contributed by atoms with Gasteiger partial charge in [0.25, 0.3) is 5.91 Å². The molecule has 0 aliphatic rings. The van der Waals surface area contributed by atoms with E-state index in [1.807, 2.05) is 49.4 Å². The van der Waals surface area contributed by atoms with Gasteiger partial charge in [-0.1, -0.05) is 36.4 Å². The predicted molar refractivity (Wildman–Crippen MR) is 92.2 cm³/mol. The van der Waals surface area contributed by atoms with Gasteiger partial charge in [-0.25, -0.2) is 4.68 Å². The van der Waals surface area contributed by atoms with Crippen molar-refractivity contribution in [3.05, 3.63) is 66.5 Å². The fourth-order valence-corrected chi connectivity index (χ4v) is 2.41. The number of carbonyl (C=O) groups is 1. The number of hydrogen-bond donors (Lipinski definition) is 0. The molecule has 0 atom stereocenters. The van der Waals surface area contributed by atoms with Crippen molar-refractivity contribution < 1.29 is 9.53 Å². The van der Waals surface area contributed by atoms with E-state index in [1.165, 1.54) is 11.0 Å². The van der Waals surface area contributed by atoms with Crippen LogP contribution in [-0.4, -0.2) is 44.2 Å². The molecule has 1 amide bonds. The first-order valence-corrected chi connectivity index (χ1v) is 8.04. The van der Waals surface area contributed by atoms with E-state index >= 15 is 0 Å². The van der Waals surface area contributed by atoms with Crippen molar-refractivity contribution in [2.75, 3.05) is 13.2 Å². The maximum absolute atomic E-state index is 12.4. The third kappa shape index (κ3) is 4.41. The molecule has 1 heterocycles. The number of rotatable bonds is 7. The lowest BCUT2D eigenvalue weighted by molar-refractivity contribution is -0.133. The molecule has 1 aromatic heterocycles. The van der Waals surface area contributed by atoms with E-state index in [1.54, 1.807) is 17.0 Å². The van der Waals surface area contributed by atoms with Crippen LogP contribution in [0.3, 0.4) is 0 Å². The number of hydrogen-bond acceptors (Lipinski definition) is 5. The Balaban J connectivity index is 1.60. The number of carbonyl (C=O) groups excluding carboxylic acids is 1. The topological polar surface area (TPSA) is 73.1 Å². The molecule has 2 aromatic carbocycles. The second-order valence-electron chi connectivity index (χ2n) is 5.43. The van der Waals surface area contributed by atoms with Crippen LogP contribution in [0, 0.1) is 0 Å². The van der Waals surface area contributed by atoms with Gasteiger partial charge in [0, 0.05) is 19.2 Å². The van der Waals surface area contributed by atoms with Crippen LogP contribution >= 0.6 is 0 Å². The minimum atomic E-state index is -0.0563. The van der Waals surface area contributed by atoms with Crippen LogP contribution in [0.25, 0.3) is 5.69 Å². The normalized spacial score (nSPS) is 10.4. The first kappa shape index (κ1) is 16.6. The lowest BCUT2D eigenvalue weighted by Crippen LogP contribution is -2.34. The smallest absolute Gasteiger partial charge is 0.260 e. The molecule has 0 spiro atoms. The quantitative estimate of drug-likeness (QED) is 0.660. The van der Waals surface area contributed by atoms with Crippen LogP contribution in [-0.2, 0) is 11.3 Å². The van der Waals surface area contributed by atoms with Crippen molar-refractivity contribution in [2.45, 2.75) is 13.5 Å². The van der Waals surface area contributed by atoms with E-state index < -0.39 is 0 Å². The maximum Gasteiger partial charge on any atom is 0.260 e. The molecule has 0 saturated carbocycles. The monoisotopic (exact) mass is 337 g/mol. The van der Waals surface area contributed by atoms with Gasteiger partial charge in [0.05, 0.1) is 5.69 Å². The van der Waals surface area contributed by atoms with Gasteiger partial charge >= 0.3 is 0 Å². The summed E-state index contributed by atoms with van der Waals surface area (Å²) in [7, 11) is 0. The fraction of sp³-hybridized carbons (Fsp3) is 0.222. The molecule has 25 heavy (non-hydrogen) atoms. The molecule has 0 unspecified atom stereocenters. The van der Waals surface area contributed by atoms with Crippen molar-refractivity contribution in [1.29, 1.82) is 0 Å². The molecule has 0 saturated heterocycles. The standard InChI is InChI=1S/C18H19N5O2/c1-2-22(12-15-7-4-3-5-8-15)18(24)13-25-17-10-6-9-16(11-17)23-14-19-20-21-23/h3-11,14H,2,12-13H2,1H3. The van der Waals surface area contributed by atoms with Crippen LogP contribution in [0.4, 0.5) is 0 Å². The van der Waals surface area contributed by atoms with Crippen molar-refractivity contribution in [3.63, 3.8) is 0 Å². The number of tetrazole rings is 1. The molecule has 7 nitrogen and oxygen atoms in total. The molecular weight excluding hydrogens is 318 g/mol. The molecule has 0 aliphatic heterocycles. The van der Waals surface area contributed by atoms with E-state index in [0.717, 1.165) is 11.3 Å². The number of nitrogens with zero attached hydrogens (tertiary/aromatic N) is 5. The highest BCUT2D eigenvalue weighted by atomic mass is 16.5. The highest BCUT2D eigenvalue weighted by Crippen LogP contribution is 2.16. The second-order valence-corrected chi connectivity index (χ2v) is 5.43. The molecular formula is C18H19N5O2. The van der Waals surface area contributed by atoms with E-state index in [4.69, 9.17) is 4.74 Å². The van der Waals surface area contributed by atoms with Gasteiger partial charge in [0.2, 0.25) is 0 Å². The highest BCUT2D eigenvalue weighted by Gasteiger charge is 2.13. The van der Waals surface area contributed by atoms with Gasteiger partial charge in [-0.05, 0) is 35.0 Å². The summed E-state index contributed by atoms with van der Waals surface area (Å²) >= 11 is 0. The van der Waals surface area contributed by atoms with Gasteiger partial charge < -0.3 is 9.64 Å². The Morgan fingerprint density at radius 3 is 2.72 bits per heavy atom. The van der Waals surface area contributed by atoms with Gasteiger partial charge in [-0.2, -0.15) is 0 Å². The largest absolute Gasteiger partial charge is 0.484 e. The number of amides is 1. The zero-order chi connectivity index (χ0) is 17.5. The molecule has 0 N–H and O–H groups in total. The van der Waals surface area contributed by atoms with Crippen LogP contribution in [0.15, 0.2) is 60.9 Å². The molecule has 3 aromatic rings. The van der Waals surface area contributed by atoms with Gasteiger partial charge in [-0.3, -0.25) is 4.79 Å². The lowest BCUT2D eigenvalue weighted by Gasteiger charge is -2.21. The summed E-state index contributed by atoms with van der Waals surface area (Å²) in [6, 6.07) is 17.2. The van der Waals surface area contributed by atoms with Crippen LogP contribution in [0.5, 0.6) is 5.75 Å². The summed E-state index contributed by atoms with van der Waals surface area (Å²) in [6.07, 6.45) is 1.50. The molecule has 0 radical (unpaired) electrons. The Bertz CT molecular complexity index is 805. The molecule has 0 bridgehead atoms. The maximum atomic E-state index is 12.4. The SMILES string of the molecule is CCN(Cc1ccccc1)C(=O)COc1cccc(-n2cnnn2)c1. The minimum Gasteiger partial charge on any atom is -0.484 e. The average Bonchev–Trinajstić information content (AvgIpc) is 3.20. The molecule has 128 valence electrons. The Hall–Kier alpha value is -3.22. The number of likely N-dealkylation sites (N-methyl/N-ethyl adjacent to an activating group) is 1. The third-order valence-corrected chi connectivity index (χ3v) is 3.74. The van der Waals surface area contributed by atoms with E-state index in [2.05, 4.69) is 15.5 Å². The fourth-order valence-electron chi connectivity index (χ4n) is 2.41. The van der Waals surface area contributed by atoms with Crippen molar-refractivity contribution >= 4 is 5.91 Å². The zero-order valence-corrected chi connectivity index (χ0v) is 13.9. The van der Waals surface area contributed by atoms with Gasteiger partial charge in [-0.15, -0.1) is 5.10 Å². The molecule has 7 heteroatoms. The van der Waals surface area contributed by atoms with E-state index in [0.29, 0.717) is 18.8 Å². The zero-order valence-electron chi connectivity index (χ0n) is 13.9.